The first-order valence-electron chi connectivity index (χ1n) is 11.2. The lowest BCUT2D eigenvalue weighted by atomic mass is 10.1. The SMILES string of the molecule is COc1ccc(CN2C(=O)N(c3ccc(C)cc3)C(=O)[C@H]2CC(=O)Nc2ccc(OC)cc2)cc1. The van der Waals surface area contributed by atoms with Crippen LogP contribution < -0.4 is 19.7 Å². The van der Waals surface area contributed by atoms with E-state index < -0.39 is 18.0 Å². The van der Waals surface area contributed by atoms with Crippen LogP contribution in [-0.2, 0) is 16.1 Å². The van der Waals surface area contributed by atoms with Crippen LogP contribution in [0.3, 0.4) is 0 Å². The molecule has 4 amide bonds. The molecule has 1 aliphatic heterocycles. The molecule has 1 N–H and O–H groups in total. The smallest absolute Gasteiger partial charge is 0.332 e. The number of rotatable bonds is 8. The first-order chi connectivity index (χ1) is 16.9. The van der Waals surface area contributed by atoms with E-state index in [0.29, 0.717) is 22.9 Å². The molecule has 1 atom stereocenters. The number of carbonyl (C=O) groups is 3. The van der Waals surface area contributed by atoms with Gasteiger partial charge in [-0.05, 0) is 61.0 Å². The van der Waals surface area contributed by atoms with Gasteiger partial charge in [0.25, 0.3) is 5.91 Å². The van der Waals surface area contributed by atoms with Crippen molar-refractivity contribution in [2.24, 2.45) is 0 Å². The molecule has 4 rings (SSSR count). The van der Waals surface area contributed by atoms with E-state index in [0.717, 1.165) is 16.0 Å². The first kappa shape index (κ1) is 23.8. The molecule has 3 aromatic rings. The first-order valence-corrected chi connectivity index (χ1v) is 11.2. The normalized spacial score (nSPS) is 15.3. The maximum atomic E-state index is 13.4. The number of aryl methyl sites for hydroxylation is 1. The minimum Gasteiger partial charge on any atom is -0.497 e. The predicted octanol–water partition coefficient (Wildman–Crippen LogP) is 4.38. The highest BCUT2D eigenvalue weighted by molar-refractivity contribution is 6.22. The number of urea groups is 1. The van der Waals surface area contributed by atoms with Crippen LogP contribution in [0.1, 0.15) is 17.5 Å². The summed E-state index contributed by atoms with van der Waals surface area (Å²) >= 11 is 0. The van der Waals surface area contributed by atoms with Gasteiger partial charge in [0.1, 0.15) is 17.5 Å². The average molecular weight is 474 g/mol. The van der Waals surface area contributed by atoms with Crippen molar-refractivity contribution in [1.29, 1.82) is 0 Å². The Bertz CT molecular complexity index is 1210. The van der Waals surface area contributed by atoms with Crippen LogP contribution in [0.15, 0.2) is 72.8 Å². The van der Waals surface area contributed by atoms with Crippen molar-refractivity contribution >= 4 is 29.2 Å². The number of benzene rings is 3. The highest BCUT2D eigenvalue weighted by Crippen LogP contribution is 2.29. The van der Waals surface area contributed by atoms with Gasteiger partial charge in [-0.2, -0.15) is 0 Å². The molecular weight excluding hydrogens is 446 g/mol. The summed E-state index contributed by atoms with van der Waals surface area (Å²) in [6.07, 6.45) is -0.172. The minimum absolute atomic E-state index is 0.172. The van der Waals surface area contributed by atoms with Gasteiger partial charge in [-0.25, -0.2) is 9.69 Å². The van der Waals surface area contributed by atoms with Crippen molar-refractivity contribution in [3.05, 3.63) is 83.9 Å². The molecular formula is C27H27N3O5. The lowest BCUT2D eigenvalue weighted by molar-refractivity contribution is -0.124. The number of hydrogen-bond acceptors (Lipinski definition) is 5. The minimum atomic E-state index is -0.941. The van der Waals surface area contributed by atoms with E-state index in [-0.39, 0.29) is 18.9 Å². The van der Waals surface area contributed by atoms with Crippen molar-refractivity contribution in [2.75, 3.05) is 24.4 Å². The summed E-state index contributed by atoms with van der Waals surface area (Å²) in [4.78, 5) is 42.3. The van der Waals surface area contributed by atoms with Crippen LogP contribution in [0.2, 0.25) is 0 Å². The van der Waals surface area contributed by atoms with E-state index in [1.807, 2.05) is 31.2 Å². The summed E-state index contributed by atoms with van der Waals surface area (Å²) in [5.41, 5.74) is 2.88. The Labute approximate surface area is 204 Å². The zero-order valence-corrected chi connectivity index (χ0v) is 19.9. The third-order valence-electron chi connectivity index (χ3n) is 5.88. The maximum Gasteiger partial charge on any atom is 0.332 e. The molecule has 1 fully saturated rings. The molecule has 1 aliphatic rings. The molecule has 35 heavy (non-hydrogen) atoms. The zero-order valence-electron chi connectivity index (χ0n) is 19.9. The number of anilines is 2. The topological polar surface area (TPSA) is 88.2 Å². The lowest BCUT2D eigenvalue weighted by Crippen LogP contribution is -2.37. The highest BCUT2D eigenvalue weighted by atomic mass is 16.5. The zero-order chi connectivity index (χ0) is 24.9. The number of amides is 4. The number of nitrogens with zero attached hydrogens (tertiary/aromatic N) is 2. The maximum absolute atomic E-state index is 13.4. The van der Waals surface area contributed by atoms with E-state index >= 15 is 0 Å². The van der Waals surface area contributed by atoms with Gasteiger partial charge in [0, 0.05) is 12.2 Å². The van der Waals surface area contributed by atoms with Gasteiger partial charge < -0.3 is 19.7 Å². The van der Waals surface area contributed by atoms with E-state index in [4.69, 9.17) is 9.47 Å². The third-order valence-corrected chi connectivity index (χ3v) is 5.88. The van der Waals surface area contributed by atoms with Gasteiger partial charge in [-0.1, -0.05) is 29.8 Å². The van der Waals surface area contributed by atoms with Crippen molar-refractivity contribution in [3.8, 4) is 11.5 Å². The van der Waals surface area contributed by atoms with Crippen molar-refractivity contribution < 1.29 is 23.9 Å². The standard InChI is InChI=1S/C27H27N3O5/c1-18-4-10-21(11-5-18)30-26(32)24(16-25(31)28-20-8-14-23(35-3)15-9-20)29(27(30)33)17-19-6-12-22(34-2)13-7-19/h4-15,24H,16-17H2,1-3H3,(H,28,31)/t24-/m1/s1. The Morgan fingerprint density at radius 3 is 2.00 bits per heavy atom. The average Bonchev–Trinajstić information content (AvgIpc) is 3.09. The largest absolute Gasteiger partial charge is 0.497 e. The monoisotopic (exact) mass is 473 g/mol. The number of imide groups is 1. The molecule has 3 aromatic carbocycles. The summed E-state index contributed by atoms with van der Waals surface area (Å²) in [7, 11) is 3.14. The van der Waals surface area contributed by atoms with Crippen molar-refractivity contribution in [2.45, 2.75) is 25.9 Å². The Hall–Kier alpha value is -4.33. The van der Waals surface area contributed by atoms with Crippen molar-refractivity contribution in [3.63, 3.8) is 0 Å². The summed E-state index contributed by atoms with van der Waals surface area (Å²) in [5.74, 6) is 0.553. The van der Waals surface area contributed by atoms with E-state index in [9.17, 15) is 14.4 Å². The number of nitrogens with one attached hydrogen (secondary N) is 1. The fraction of sp³-hybridized carbons (Fsp3) is 0.222. The second-order valence-corrected chi connectivity index (χ2v) is 8.26. The number of carbonyl (C=O) groups excluding carboxylic acids is 3. The van der Waals surface area contributed by atoms with Gasteiger partial charge in [0.2, 0.25) is 5.91 Å². The number of methoxy groups -OCH3 is 2. The Kier molecular flexibility index (Phi) is 7.01. The van der Waals surface area contributed by atoms with Crippen LogP contribution in [0, 0.1) is 6.92 Å². The Morgan fingerprint density at radius 1 is 0.857 bits per heavy atom. The number of ether oxygens (including phenoxy) is 2. The van der Waals surface area contributed by atoms with Crippen LogP contribution in [-0.4, -0.2) is 43.0 Å². The molecule has 180 valence electrons. The quantitative estimate of drug-likeness (QED) is 0.491. The molecule has 0 radical (unpaired) electrons. The lowest BCUT2D eigenvalue weighted by Gasteiger charge is -2.22. The second kappa shape index (κ2) is 10.3. The fourth-order valence-corrected chi connectivity index (χ4v) is 3.93. The van der Waals surface area contributed by atoms with E-state index in [1.54, 1.807) is 62.8 Å². The molecule has 0 saturated carbocycles. The van der Waals surface area contributed by atoms with Gasteiger partial charge >= 0.3 is 6.03 Å². The second-order valence-electron chi connectivity index (χ2n) is 8.26. The molecule has 0 bridgehead atoms. The van der Waals surface area contributed by atoms with Crippen molar-refractivity contribution in [1.82, 2.24) is 4.90 Å². The Morgan fingerprint density at radius 2 is 1.43 bits per heavy atom. The molecule has 1 saturated heterocycles. The van der Waals surface area contributed by atoms with Crippen LogP contribution in [0.25, 0.3) is 0 Å². The van der Waals surface area contributed by atoms with Gasteiger partial charge in [-0.15, -0.1) is 0 Å². The van der Waals surface area contributed by atoms with Gasteiger partial charge in [-0.3, -0.25) is 9.59 Å². The summed E-state index contributed by atoms with van der Waals surface area (Å²) < 4.78 is 10.3. The fourth-order valence-electron chi connectivity index (χ4n) is 3.93. The predicted molar refractivity (Wildman–Crippen MR) is 133 cm³/mol. The third kappa shape index (κ3) is 5.27. The van der Waals surface area contributed by atoms with Crippen LogP contribution >= 0.6 is 0 Å². The van der Waals surface area contributed by atoms with Gasteiger partial charge in [0.15, 0.2) is 0 Å². The summed E-state index contributed by atoms with van der Waals surface area (Å²) in [6, 6.07) is 19.9. The van der Waals surface area contributed by atoms with Gasteiger partial charge in [0.05, 0.1) is 26.3 Å². The van der Waals surface area contributed by atoms with E-state index in [1.165, 1.54) is 4.90 Å². The van der Waals surface area contributed by atoms with E-state index in [2.05, 4.69) is 5.32 Å². The summed E-state index contributed by atoms with van der Waals surface area (Å²) in [6.45, 7) is 2.11. The molecule has 8 nitrogen and oxygen atoms in total. The number of hydrogen-bond donors (Lipinski definition) is 1. The molecule has 0 spiro atoms. The van der Waals surface area contributed by atoms with Crippen LogP contribution in [0.4, 0.5) is 16.2 Å². The molecule has 0 unspecified atom stereocenters. The van der Waals surface area contributed by atoms with Crippen LogP contribution in [0.5, 0.6) is 11.5 Å². The molecule has 0 aromatic heterocycles. The molecule has 0 aliphatic carbocycles. The Balaban J connectivity index is 1.58. The highest BCUT2D eigenvalue weighted by Gasteiger charge is 2.46. The molecule has 1 heterocycles. The molecule has 8 heteroatoms. The summed E-state index contributed by atoms with van der Waals surface area (Å²) in [5, 5.41) is 2.80.